The predicted octanol–water partition coefficient (Wildman–Crippen LogP) is 3.04. The zero-order valence-electron chi connectivity index (χ0n) is 14.8. The Labute approximate surface area is 147 Å². The number of benzene rings is 2. The molecule has 4 nitrogen and oxygen atoms in total. The lowest BCUT2D eigenvalue weighted by Crippen LogP contribution is -2.41. The summed E-state index contributed by atoms with van der Waals surface area (Å²) in [5.41, 5.74) is 0.328. The molecular weight excluding hydrogens is 321 g/mol. The van der Waals surface area contributed by atoms with E-state index in [-0.39, 0.29) is 24.2 Å². The van der Waals surface area contributed by atoms with Crippen molar-refractivity contribution in [1.82, 2.24) is 5.32 Å². The normalized spacial score (nSPS) is 14.4. The van der Waals surface area contributed by atoms with Gasteiger partial charge >= 0.3 is 0 Å². The van der Waals surface area contributed by atoms with Gasteiger partial charge in [-0.3, -0.25) is 4.79 Å². The van der Waals surface area contributed by atoms with E-state index in [1.54, 1.807) is 14.0 Å². The average molecular weight is 345 g/mol. The molecule has 134 valence electrons. The van der Waals surface area contributed by atoms with Crippen molar-refractivity contribution in [3.63, 3.8) is 0 Å². The van der Waals surface area contributed by atoms with Crippen LogP contribution in [0.3, 0.4) is 0 Å². The van der Waals surface area contributed by atoms with Crippen molar-refractivity contribution in [2.75, 3.05) is 13.7 Å². The van der Waals surface area contributed by atoms with E-state index in [0.717, 1.165) is 11.3 Å². The van der Waals surface area contributed by atoms with Gasteiger partial charge in [0.25, 0.3) is 0 Å². The molecule has 2 atom stereocenters. The summed E-state index contributed by atoms with van der Waals surface area (Å²) in [4.78, 5) is 12.3. The maximum absolute atomic E-state index is 13.0. The van der Waals surface area contributed by atoms with Crippen molar-refractivity contribution in [2.45, 2.75) is 25.9 Å². The number of hydrogen-bond acceptors (Lipinski definition) is 3. The quantitative estimate of drug-likeness (QED) is 0.811. The van der Waals surface area contributed by atoms with Crippen LogP contribution in [-0.2, 0) is 16.8 Å². The highest BCUT2D eigenvalue weighted by Crippen LogP contribution is 2.20. The van der Waals surface area contributed by atoms with E-state index in [2.05, 4.69) is 5.32 Å². The van der Waals surface area contributed by atoms with E-state index >= 15 is 0 Å². The highest BCUT2D eigenvalue weighted by molar-refractivity contribution is 5.78. The second-order valence-corrected chi connectivity index (χ2v) is 6.45. The van der Waals surface area contributed by atoms with Crippen molar-refractivity contribution in [3.8, 4) is 5.75 Å². The van der Waals surface area contributed by atoms with Crippen molar-refractivity contribution >= 4 is 5.91 Å². The van der Waals surface area contributed by atoms with E-state index in [4.69, 9.17) is 4.74 Å². The van der Waals surface area contributed by atoms with Gasteiger partial charge in [-0.05, 0) is 48.7 Å². The fraction of sp³-hybridized carbons (Fsp3) is 0.350. The molecule has 2 rings (SSSR count). The summed E-state index contributed by atoms with van der Waals surface area (Å²) in [6.45, 7) is 3.49. The molecule has 5 heteroatoms. The second kappa shape index (κ2) is 8.12. The Bertz CT molecular complexity index is 696. The summed E-state index contributed by atoms with van der Waals surface area (Å²) in [7, 11) is 1.61. The number of methoxy groups -OCH3 is 1. The van der Waals surface area contributed by atoms with E-state index < -0.39 is 5.60 Å². The third-order valence-electron chi connectivity index (χ3n) is 4.22. The maximum atomic E-state index is 13.0. The number of nitrogens with one attached hydrogen (secondary N) is 1. The summed E-state index contributed by atoms with van der Waals surface area (Å²) >= 11 is 0. The maximum Gasteiger partial charge on any atom is 0.223 e. The van der Waals surface area contributed by atoms with Gasteiger partial charge in [0.05, 0.1) is 13.7 Å². The summed E-state index contributed by atoms with van der Waals surface area (Å²) < 4.78 is 18.1. The Morgan fingerprint density at radius 1 is 1.20 bits per heavy atom. The van der Waals surface area contributed by atoms with Crippen LogP contribution < -0.4 is 10.1 Å². The van der Waals surface area contributed by atoms with Crippen LogP contribution in [0.4, 0.5) is 4.39 Å². The van der Waals surface area contributed by atoms with Crippen LogP contribution in [0.5, 0.6) is 5.75 Å². The third kappa shape index (κ3) is 5.29. The van der Waals surface area contributed by atoms with Gasteiger partial charge in [-0.1, -0.05) is 31.2 Å². The number of hydrogen-bond donors (Lipinski definition) is 2. The van der Waals surface area contributed by atoms with Crippen LogP contribution in [0.15, 0.2) is 48.5 Å². The Kier molecular flexibility index (Phi) is 6.15. The molecule has 2 aromatic rings. The highest BCUT2D eigenvalue weighted by atomic mass is 19.1. The molecule has 0 saturated heterocycles. The number of halogens is 1. The van der Waals surface area contributed by atoms with Gasteiger partial charge in [0.15, 0.2) is 0 Å². The molecule has 0 heterocycles. The van der Waals surface area contributed by atoms with E-state index in [1.165, 1.54) is 24.3 Å². The van der Waals surface area contributed by atoms with Crippen molar-refractivity contribution < 1.29 is 19.0 Å². The average Bonchev–Trinajstić information content (AvgIpc) is 2.60. The van der Waals surface area contributed by atoms with Gasteiger partial charge in [-0.25, -0.2) is 4.39 Å². The lowest BCUT2D eigenvalue weighted by molar-refractivity contribution is -0.125. The molecule has 0 bridgehead atoms. The monoisotopic (exact) mass is 345 g/mol. The molecule has 0 aromatic heterocycles. The first-order chi connectivity index (χ1) is 11.8. The Morgan fingerprint density at radius 3 is 2.36 bits per heavy atom. The number of aliphatic hydroxyl groups is 1. The smallest absolute Gasteiger partial charge is 0.223 e. The van der Waals surface area contributed by atoms with Crippen LogP contribution >= 0.6 is 0 Å². The van der Waals surface area contributed by atoms with Crippen LogP contribution in [0.1, 0.15) is 25.0 Å². The first-order valence-corrected chi connectivity index (χ1v) is 8.21. The third-order valence-corrected chi connectivity index (χ3v) is 4.22. The molecule has 0 saturated carbocycles. The molecule has 0 aliphatic carbocycles. The molecule has 1 amide bonds. The van der Waals surface area contributed by atoms with Gasteiger partial charge in [0, 0.05) is 5.92 Å². The SMILES string of the molecule is COc1ccc(CC(C)C(=O)NCC(C)(O)c2ccc(F)cc2)cc1. The van der Waals surface area contributed by atoms with Gasteiger partial charge in [0.2, 0.25) is 5.91 Å². The minimum absolute atomic E-state index is 0.0599. The number of rotatable bonds is 7. The number of carbonyl (C=O) groups is 1. The van der Waals surface area contributed by atoms with Crippen molar-refractivity contribution in [2.24, 2.45) is 5.92 Å². The molecule has 2 aromatic carbocycles. The van der Waals surface area contributed by atoms with Gasteiger partial charge in [-0.2, -0.15) is 0 Å². The summed E-state index contributed by atoms with van der Waals surface area (Å²) in [5.74, 6) is 0.0310. The minimum atomic E-state index is -1.26. The largest absolute Gasteiger partial charge is 0.497 e. The number of carbonyl (C=O) groups excluding carboxylic acids is 1. The molecule has 2 N–H and O–H groups in total. The van der Waals surface area contributed by atoms with Crippen molar-refractivity contribution in [3.05, 3.63) is 65.5 Å². The van der Waals surface area contributed by atoms with Crippen molar-refractivity contribution in [1.29, 1.82) is 0 Å². The lowest BCUT2D eigenvalue weighted by atomic mass is 9.95. The van der Waals surface area contributed by atoms with E-state index in [0.29, 0.717) is 12.0 Å². The molecule has 0 radical (unpaired) electrons. The minimum Gasteiger partial charge on any atom is -0.497 e. The zero-order chi connectivity index (χ0) is 18.4. The molecule has 0 aliphatic heterocycles. The van der Waals surface area contributed by atoms with Gasteiger partial charge in [-0.15, -0.1) is 0 Å². The summed E-state index contributed by atoms with van der Waals surface area (Å²) in [5, 5.41) is 13.3. The Balaban J connectivity index is 1.90. The predicted molar refractivity (Wildman–Crippen MR) is 94.8 cm³/mol. The second-order valence-electron chi connectivity index (χ2n) is 6.45. The molecule has 2 unspecified atom stereocenters. The topological polar surface area (TPSA) is 58.6 Å². The molecular formula is C20H24FNO3. The first-order valence-electron chi connectivity index (χ1n) is 8.21. The number of ether oxygens (including phenoxy) is 1. The fourth-order valence-electron chi connectivity index (χ4n) is 2.55. The molecule has 0 aliphatic rings. The van der Waals surface area contributed by atoms with E-state index in [9.17, 15) is 14.3 Å². The first kappa shape index (κ1) is 18.9. The molecule has 0 fully saturated rings. The lowest BCUT2D eigenvalue weighted by Gasteiger charge is -2.25. The Hall–Kier alpha value is -2.40. The van der Waals surface area contributed by atoms with Crippen LogP contribution in [0.2, 0.25) is 0 Å². The highest BCUT2D eigenvalue weighted by Gasteiger charge is 2.25. The zero-order valence-corrected chi connectivity index (χ0v) is 14.8. The van der Waals surface area contributed by atoms with Crippen LogP contribution in [-0.4, -0.2) is 24.7 Å². The molecule has 0 spiro atoms. The Morgan fingerprint density at radius 2 is 1.80 bits per heavy atom. The number of amides is 1. The summed E-state index contributed by atoms with van der Waals surface area (Å²) in [6.07, 6.45) is 0.592. The fourth-order valence-corrected chi connectivity index (χ4v) is 2.55. The van der Waals surface area contributed by atoms with Gasteiger partial charge < -0.3 is 15.2 Å². The van der Waals surface area contributed by atoms with Gasteiger partial charge in [0.1, 0.15) is 17.2 Å². The standard InChI is InChI=1S/C20H24FNO3/c1-14(12-15-4-10-18(25-3)11-5-15)19(23)22-13-20(2,24)16-6-8-17(21)9-7-16/h4-11,14,24H,12-13H2,1-3H3,(H,22,23). The van der Waals surface area contributed by atoms with E-state index in [1.807, 2.05) is 31.2 Å². The molecule has 25 heavy (non-hydrogen) atoms. The van der Waals surface area contributed by atoms with Crippen LogP contribution in [0, 0.1) is 11.7 Å². The summed E-state index contributed by atoms with van der Waals surface area (Å²) in [6, 6.07) is 13.2. The van der Waals surface area contributed by atoms with Crippen LogP contribution in [0.25, 0.3) is 0 Å².